The SMILES string of the molecule is Cc1cc(Oc2nccc(C)c2/C(N)=N/O)ccc1Cl. The predicted octanol–water partition coefficient (Wildman–Crippen LogP) is 3.24. The van der Waals surface area contributed by atoms with Gasteiger partial charge in [-0.15, -0.1) is 0 Å². The number of oxime groups is 1. The van der Waals surface area contributed by atoms with E-state index in [1.165, 1.54) is 0 Å². The molecule has 5 nitrogen and oxygen atoms in total. The number of halogens is 1. The van der Waals surface area contributed by atoms with Gasteiger partial charge in [-0.1, -0.05) is 16.8 Å². The molecule has 0 amide bonds. The van der Waals surface area contributed by atoms with Crippen molar-refractivity contribution in [2.24, 2.45) is 10.9 Å². The van der Waals surface area contributed by atoms with Crippen LogP contribution in [0.4, 0.5) is 0 Å². The molecule has 2 aromatic rings. The summed E-state index contributed by atoms with van der Waals surface area (Å²) in [5.74, 6) is 0.815. The van der Waals surface area contributed by atoms with E-state index in [1.54, 1.807) is 30.5 Å². The van der Waals surface area contributed by atoms with Crippen molar-refractivity contribution in [1.82, 2.24) is 4.98 Å². The molecule has 104 valence electrons. The van der Waals surface area contributed by atoms with Gasteiger partial charge in [0.15, 0.2) is 5.84 Å². The van der Waals surface area contributed by atoms with Crippen molar-refractivity contribution < 1.29 is 9.94 Å². The van der Waals surface area contributed by atoms with Crippen LogP contribution in [0.2, 0.25) is 5.02 Å². The van der Waals surface area contributed by atoms with E-state index in [0.29, 0.717) is 16.3 Å². The molecule has 0 unspecified atom stereocenters. The van der Waals surface area contributed by atoms with Crippen molar-refractivity contribution in [3.05, 3.63) is 52.2 Å². The van der Waals surface area contributed by atoms with Gasteiger partial charge in [0.25, 0.3) is 0 Å². The van der Waals surface area contributed by atoms with Crippen molar-refractivity contribution in [3.63, 3.8) is 0 Å². The Bertz CT molecular complexity index is 671. The summed E-state index contributed by atoms with van der Waals surface area (Å²) in [5.41, 5.74) is 7.82. The van der Waals surface area contributed by atoms with Crippen LogP contribution in [-0.4, -0.2) is 16.0 Å². The lowest BCUT2D eigenvalue weighted by Gasteiger charge is -2.11. The van der Waals surface area contributed by atoms with Crippen molar-refractivity contribution in [2.75, 3.05) is 0 Å². The highest BCUT2D eigenvalue weighted by atomic mass is 35.5. The van der Waals surface area contributed by atoms with Gasteiger partial charge in [0.1, 0.15) is 5.75 Å². The zero-order chi connectivity index (χ0) is 14.7. The lowest BCUT2D eigenvalue weighted by Crippen LogP contribution is -2.16. The summed E-state index contributed by atoms with van der Waals surface area (Å²) in [4.78, 5) is 4.13. The third kappa shape index (κ3) is 2.83. The number of ether oxygens (including phenoxy) is 1. The van der Waals surface area contributed by atoms with Crippen LogP contribution in [0.1, 0.15) is 16.7 Å². The second kappa shape index (κ2) is 5.79. The first-order valence-electron chi connectivity index (χ1n) is 5.90. The van der Waals surface area contributed by atoms with Gasteiger partial charge in [-0.05, 0) is 49.2 Å². The Morgan fingerprint density at radius 2 is 2.05 bits per heavy atom. The third-order valence-corrected chi connectivity index (χ3v) is 3.26. The molecule has 0 aliphatic rings. The van der Waals surface area contributed by atoms with Gasteiger partial charge < -0.3 is 15.7 Å². The summed E-state index contributed by atoms with van der Waals surface area (Å²) in [7, 11) is 0. The molecule has 0 saturated heterocycles. The van der Waals surface area contributed by atoms with Gasteiger partial charge >= 0.3 is 0 Å². The zero-order valence-corrected chi connectivity index (χ0v) is 11.8. The van der Waals surface area contributed by atoms with E-state index in [4.69, 9.17) is 27.3 Å². The summed E-state index contributed by atoms with van der Waals surface area (Å²) >= 11 is 5.97. The average molecular weight is 292 g/mol. The van der Waals surface area contributed by atoms with Gasteiger partial charge in [-0.2, -0.15) is 0 Å². The number of amidine groups is 1. The van der Waals surface area contributed by atoms with Crippen molar-refractivity contribution in [2.45, 2.75) is 13.8 Å². The van der Waals surface area contributed by atoms with Gasteiger partial charge in [0.05, 0.1) is 5.56 Å². The molecule has 3 N–H and O–H groups in total. The topological polar surface area (TPSA) is 80.7 Å². The summed E-state index contributed by atoms with van der Waals surface area (Å²) in [6.07, 6.45) is 1.60. The smallest absolute Gasteiger partial charge is 0.230 e. The number of aromatic nitrogens is 1. The number of hydrogen-bond donors (Lipinski definition) is 2. The fourth-order valence-corrected chi connectivity index (χ4v) is 1.88. The number of rotatable bonds is 3. The Morgan fingerprint density at radius 3 is 2.70 bits per heavy atom. The third-order valence-electron chi connectivity index (χ3n) is 2.83. The molecule has 0 fully saturated rings. The molecule has 0 bridgehead atoms. The van der Waals surface area contributed by atoms with E-state index in [0.717, 1.165) is 11.1 Å². The normalized spacial score (nSPS) is 11.4. The van der Waals surface area contributed by atoms with Crippen LogP contribution in [0.15, 0.2) is 35.6 Å². The molecule has 0 saturated carbocycles. The average Bonchev–Trinajstić information content (AvgIpc) is 2.42. The predicted molar refractivity (Wildman–Crippen MR) is 77.7 cm³/mol. The maximum atomic E-state index is 8.85. The second-order valence-corrected chi connectivity index (χ2v) is 4.71. The minimum absolute atomic E-state index is 0.0451. The fourth-order valence-electron chi connectivity index (χ4n) is 1.76. The van der Waals surface area contributed by atoms with E-state index in [1.807, 2.05) is 13.8 Å². The molecule has 0 aliphatic carbocycles. The first kappa shape index (κ1) is 14.1. The highest BCUT2D eigenvalue weighted by Gasteiger charge is 2.14. The Balaban J connectivity index is 2.43. The molecular formula is C14H14ClN3O2. The Labute approximate surface area is 121 Å². The van der Waals surface area contributed by atoms with E-state index in [9.17, 15) is 0 Å². The molecule has 0 atom stereocenters. The number of aryl methyl sites for hydroxylation is 2. The van der Waals surface area contributed by atoms with Crippen molar-refractivity contribution in [1.29, 1.82) is 0 Å². The molecule has 6 heteroatoms. The molecule has 20 heavy (non-hydrogen) atoms. The van der Waals surface area contributed by atoms with Gasteiger partial charge in [0, 0.05) is 11.2 Å². The molecule has 0 aliphatic heterocycles. The highest BCUT2D eigenvalue weighted by molar-refractivity contribution is 6.31. The van der Waals surface area contributed by atoms with Crippen molar-refractivity contribution >= 4 is 17.4 Å². The van der Waals surface area contributed by atoms with E-state index in [2.05, 4.69) is 10.1 Å². The number of benzene rings is 1. The standard InChI is InChI=1S/C14H14ClN3O2/c1-8-5-6-17-14(12(8)13(16)18-19)20-10-3-4-11(15)9(2)7-10/h3-7,19H,1-2H3,(H2,16,18). The summed E-state index contributed by atoms with van der Waals surface area (Å²) in [5, 5.41) is 12.5. The van der Waals surface area contributed by atoms with Crippen LogP contribution >= 0.6 is 11.6 Å². The van der Waals surface area contributed by atoms with E-state index >= 15 is 0 Å². The Hall–Kier alpha value is -2.27. The molecule has 0 radical (unpaired) electrons. The van der Waals surface area contributed by atoms with Crippen LogP contribution in [0.25, 0.3) is 0 Å². The molecule has 1 aromatic heterocycles. The minimum atomic E-state index is -0.0451. The van der Waals surface area contributed by atoms with Crippen LogP contribution in [-0.2, 0) is 0 Å². The monoisotopic (exact) mass is 291 g/mol. The highest BCUT2D eigenvalue weighted by Crippen LogP contribution is 2.28. The summed E-state index contributed by atoms with van der Waals surface area (Å²) < 4.78 is 5.71. The minimum Gasteiger partial charge on any atom is -0.438 e. The van der Waals surface area contributed by atoms with Crippen molar-refractivity contribution in [3.8, 4) is 11.6 Å². The molecule has 1 heterocycles. The quantitative estimate of drug-likeness (QED) is 0.394. The van der Waals surface area contributed by atoms with Gasteiger partial charge in [-0.3, -0.25) is 0 Å². The zero-order valence-electron chi connectivity index (χ0n) is 11.1. The van der Waals surface area contributed by atoms with Crippen LogP contribution < -0.4 is 10.5 Å². The maximum absolute atomic E-state index is 8.85. The summed E-state index contributed by atoms with van der Waals surface area (Å²) in [6.45, 7) is 3.71. The number of pyridine rings is 1. The van der Waals surface area contributed by atoms with Gasteiger partial charge in [-0.25, -0.2) is 4.98 Å². The maximum Gasteiger partial charge on any atom is 0.230 e. The molecular weight excluding hydrogens is 278 g/mol. The fraction of sp³-hybridized carbons (Fsp3) is 0.143. The molecule has 2 rings (SSSR count). The van der Waals surface area contributed by atoms with Crippen LogP contribution in [0.3, 0.4) is 0 Å². The largest absolute Gasteiger partial charge is 0.438 e. The number of nitrogens with zero attached hydrogens (tertiary/aromatic N) is 2. The first-order chi connectivity index (χ1) is 9.52. The lowest BCUT2D eigenvalue weighted by molar-refractivity contribution is 0.318. The second-order valence-electron chi connectivity index (χ2n) is 4.31. The van der Waals surface area contributed by atoms with E-state index < -0.39 is 0 Å². The van der Waals surface area contributed by atoms with Gasteiger partial charge in [0.2, 0.25) is 5.88 Å². The number of nitrogens with two attached hydrogens (primary N) is 1. The molecule has 1 aromatic carbocycles. The lowest BCUT2D eigenvalue weighted by atomic mass is 10.1. The number of hydrogen-bond acceptors (Lipinski definition) is 4. The van der Waals surface area contributed by atoms with Crippen LogP contribution in [0.5, 0.6) is 11.6 Å². The Kier molecular flexibility index (Phi) is 4.10. The van der Waals surface area contributed by atoms with Crippen LogP contribution in [0, 0.1) is 13.8 Å². The summed E-state index contributed by atoms with van der Waals surface area (Å²) in [6, 6.07) is 7.02. The van der Waals surface area contributed by atoms with E-state index in [-0.39, 0.29) is 11.7 Å². The Morgan fingerprint density at radius 1 is 1.30 bits per heavy atom. The molecule has 0 spiro atoms. The first-order valence-corrected chi connectivity index (χ1v) is 6.28.